The molecule has 0 bridgehead atoms. The van der Waals surface area contributed by atoms with Crippen LogP contribution in [0, 0.1) is 5.92 Å². The molecule has 1 nitrogen and oxygen atoms in total. The highest BCUT2D eigenvalue weighted by Gasteiger charge is 2.09. The maximum absolute atomic E-state index is 9.68. The standard InChI is InChI=1S/C11H22O/c1-5-7-10(4)11(12)8-9(3)6-2/h7,9,11-12H,5-6,8H2,1-4H3/b10-7+. The Hall–Kier alpha value is -0.300. The summed E-state index contributed by atoms with van der Waals surface area (Å²) in [7, 11) is 0. The van der Waals surface area contributed by atoms with Crippen LogP contribution < -0.4 is 0 Å². The van der Waals surface area contributed by atoms with Crippen molar-refractivity contribution >= 4 is 0 Å². The second-order valence-electron chi connectivity index (χ2n) is 3.62. The molecule has 0 heterocycles. The van der Waals surface area contributed by atoms with Gasteiger partial charge in [-0.2, -0.15) is 0 Å². The zero-order valence-electron chi connectivity index (χ0n) is 8.80. The summed E-state index contributed by atoms with van der Waals surface area (Å²) in [6, 6.07) is 0. The molecule has 1 N–H and O–H groups in total. The van der Waals surface area contributed by atoms with E-state index in [1.807, 2.05) is 6.92 Å². The van der Waals surface area contributed by atoms with Gasteiger partial charge in [0.15, 0.2) is 0 Å². The van der Waals surface area contributed by atoms with E-state index in [1.165, 1.54) is 0 Å². The van der Waals surface area contributed by atoms with Crippen LogP contribution in [0.1, 0.15) is 47.0 Å². The second-order valence-corrected chi connectivity index (χ2v) is 3.62. The molecule has 1 heteroatoms. The van der Waals surface area contributed by atoms with E-state index in [2.05, 4.69) is 26.8 Å². The van der Waals surface area contributed by atoms with E-state index in [4.69, 9.17) is 0 Å². The fraction of sp³-hybridized carbons (Fsp3) is 0.818. The van der Waals surface area contributed by atoms with E-state index >= 15 is 0 Å². The first-order valence-electron chi connectivity index (χ1n) is 4.96. The molecule has 0 saturated heterocycles. The van der Waals surface area contributed by atoms with Gasteiger partial charge in [0, 0.05) is 0 Å². The smallest absolute Gasteiger partial charge is 0.0749 e. The minimum atomic E-state index is -0.222. The summed E-state index contributed by atoms with van der Waals surface area (Å²) in [6.07, 6.45) is 4.95. The van der Waals surface area contributed by atoms with Gasteiger partial charge in [0.05, 0.1) is 6.10 Å². The summed E-state index contributed by atoms with van der Waals surface area (Å²) in [5.41, 5.74) is 1.12. The normalized spacial score (nSPS) is 17.6. The van der Waals surface area contributed by atoms with Crippen LogP contribution in [0.25, 0.3) is 0 Å². The Morgan fingerprint density at radius 3 is 2.42 bits per heavy atom. The van der Waals surface area contributed by atoms with Gasteiger partial charge in [0.1, 0.15) is 0 Å². The molecule has 0 aliphatic rings. The van der Waals surface area contributed by atoms with Crippen molar-refractivity contribution in [3.8, 4) is 0 Å². The molecule has 0 rings (SSSR count). The molecule has 2 atom stereocenters. The summed E-state index contributed by atoms with van der Waals surface area (Å²) in [6.45, 7) is 8.45. The lowest BCUT2D eigenvalue weighted by Crippen LogP contribution is -2.12. The first-order valence-corrected chi connectivity index (χ1v) is 4.96. The zero-order chi connectivity index (χ0) is 9.56. The van der Waals surface area contributed by atoms with Gasteiger partial charge in [0.25, 0.3) is 0 Å². The van der Waals surface area contributed by atoms with Crippen molar-refractivity contribution in [3.05, 3.63) is 11.6 Å². The quantitative estimate of drug-likeness (QED) is 0.628. The third-order valence-corrected chi connectivity index (χ3v) is 2.37. The lowest BCUT2D eigenvalue weighted by Gasteiger charge is -2.15. The molecule has 0 amide bonds. The van der Waals surface area contributed by atoms with Crippen LogP contribution >= 0.6 is 0 Å². The molecule has 0 aromatic heterocycles. The molecule has 0 radical (unpaired) electrons. The molecule has 0 aliphatic heterocycles. The Morgan fingerprint density at radius 1 is 1.42 bits per heavy atom. The largest absolute Gasteiger partial charge is 0.389 e. The van der Waals surface area contributed by atoms with Gasteiger partial charge in [-0.1, -0.05) is 33.3 Å². The molecule has 72 valence electrons. The summed E-state index contributed by atoms with van der Waals surface area (Å²) in [5.74, 6) is 0.625. The van der Waals surface area contributed by atoms with Crippen LogP contribution in [0.5, 0.6) is 0 Å². The van der Waals surface area contributed by atoms with Crippen molar-refractivity contribution in [2.75, 3.05) is 0 Å². The van der Waals surface area contributed by atoms with Crippen LogP contribution in [0.3, 0.4) is 0 Å². The average molecular weight is 170 g/mol. The second kappa shape index (κ2) is 6.24. The SMILES string of the molecule is CC/C=C(\C)C(O)CC(C)CC. The fourth-order valence-electron chi connectivity index (χ4n) is 1.19. The number of aliphatic hydroxyl groups excluding tert-OH is 1. The maximum Gasteiger partial charge on any atom is 0.0749 e. The van der Waals surface area contributed by atoms with Gasteiger partial charge in [-0.15, -0.1) is 0 Å². The molecule has 0 spiro atoms. The number of allylic oxidation sites excluding steroid dienone is 1. The van der Waals surface area contributed by atoms with Crippen molar-refractivity contribution in [2.45, 2.75) is 53.1 Å². The highest BCUT2D eigenvalue weighted by molar-refractivity contribution is 5.03. The van der Waals surface area contributed by atoms with Gasteiger partial charge in [-0.3, -0.25) is 0 Å². The number of aliphatic hydroxyl groups is 1. The molecule has 0 saturated carbocycles. The first kappa shape index (κ1) is 11.7. The van der Waals surface area contributed by atoms with E-state index in [9.17, 15) is 5.11 Å². The number of hydrogen-bond donors (Lipinski definition) is 1. The van der Waals surface area contributed by atoms with E-state index in [0.29, 0.717) is 5.92 Å². The summed E-state index contributed by atoms with van der Waals surface area (Å²) >= 11 is 0. The Labute approximate surface area is 76.5 Å². The van der Waals surface area contributed by atoms with E-state index < -0.39 is 0 Å². The lowest BCUT2D eigenvalue weighted by atomic mass is 9.97. The number of rotatable bonds is 5. The average Bonchev–Trinajstić information content (AvgIpc) is 2.04. The molecule has 0 aromatic carbocycles. The highest BCUT2D eigenvalue weighted by atomic mass is 16.3. The van der Waals surface area contributed by atoms with E-state index in [-0.39, 0.29) is 6.10 Å². The maximum atomic E-state index is 9.68. The van der Waals surface area contributed by atoms with Crippen molar-refractivity contribution < 1.29 is 5.11 Å². The zero-order valence-corrected chi connectivity index (χ0v) is 8.80. The van der Waals surface area contributed by atoms with Crippen molar-refractivity contribution in [2.24, 2.45) is 5.92 Å². The molecular weight excluding hydrogens is 148 g/mol. The van der Waals surface area contributed by atoms with Gasteiger partial charge < -0.3 is 5.11 Å². The van der Waals surface area contributed by atoms with Crippen LogP contribution in [0.15, 0.2) is 11.6 Å². The van der Waals surface area contributed by atoms with Gasteiger partial charge >= 0.3 is 0 Å². The minimum absolute atomic E-state index is 0.222. The van der Waals surface area contributed by atoms with Crippen molar-refractivity contribution in [1.29, 1.82) is 0 Å². The first-order chi connectivity index (χ1) is 5.61. The Kier molecular flexibility index (Phi) is 6.09. The summed E-state index contributed by atoms with van der Waals surface area (Å²) in [4.78, 5) is 0. The van der Waals surface area contributed by atoms with Crippen LogP contribution in [0.2, 0.25) is 0 Å². The van der Waals surface area contributed by atoms with Crippen molar-refractivity contribution in [1.82, 2.24) is 0 Å². The van der Waals surface area contributed by atoms with Crippen LogP contribution in [-0.4, -0.2) is 11.2 Å². The van der Waals surface area contributed by atoms with E-state index in [1.54, 1.807) is 0 Å². The third kappa shape index (κ3) is 4.55. The fourth-order valence-corrected chi connectivity index (χ4v) is 1.19. The Bertz CT molecular complexity index is 138. The number of hydrogen-bond acceptors (Lipinski definition) is 1. The molecule has 12 heavy (non-hydrogen) atoms. The van der Waals surface area contributed by atoms with Crippen LogP contribution in [0.4, 0.5) is 0 Å². The van der Waals surface area contributed by atoms with Gasteiger partial charge in [-0.25, -0.2) is 0 Å². The monoisotopic (exact) mass is 170 g/mol. The Morgan fingerprint density at radius 2 is 2.00 bits per heavy atom. The minimum Gasteiger partial charge on any atom is -0.389 e. The van der Waals surface area contributed by atoms with Crippen molar-refractivity contribution in [3.63, 3.8) is 0 Å². The molecule has 0 fully saturated rings. The lowest BCUT2D eigenvalue weighted by molar-refractivity contribution is 0.178. The van der Waals surface area contributed by atoms with E-state index in [0.717, 1.165) is 24.8 Å². The highest BCUT2D eigenvalue weighted by Crippen LogP contribution is 2.15. The van der Waals surface area contributed by atoms with Crippen LogP contribution in [-0.2, 0) is 0 Å². The van der Waals surface area contributed by atoms with Gasteiger partial charge in [-0.05, 0) is 31.3 Å². The molecular formula is C11H22O. The molecule has 2 unspecified atom stereocenters. The van der Waals surface area contributed by atoms with Gasteiger partial charge in [0.2, 0.25) is 0 Å². The summed E-state index contributed by atoms with van der Waals surface area (Å²) < 4.78 is 0. The predicted octanol–water partition coefficient (Wildman–Crippen LogP) is 3.14. The summed E-state index contributed by atoms with van der Waals surface area (Å²) in [5, 5.41) is 9.68. The Balaban J connectivity index is 3.86. The predicted molar refractivity (Wildman–Crippen MR) is 54.1 cm³/mol. The molecule has 0 aromatic rings. The third-order valence-electron chi connectivity index (χ3n) is 2.37. The topological polar surface area (TPSA) is 20.2 Å². The molecule has 0 aliphatic carbocycles.